The Morgan fingerprint density at radius 3 is 2.29 bits per heavy atom. The van der Waals surface area contributed by atoms with Crippen molar-refractivity contribution in [2.75, 3.05) is 12.8 Å². The van der Waals surface area contributed by atoms with Gasteiger partial charge in [0.05, 0.1) is 34.7 Å². The minimum atomic E-state index is -4.01. The third-order valence-electron chi connectivity index (χ3n) is 5.28. The van der Waals surface area contributed by atoms with Crippen molar-refractivity contribution in [2.24, 2.45) is 5.92 Å². The zero-order chi connectivity index (χ0) is 20.9. The number of fused-ring (bicyclic) bond motifs is 1. The lowest BCUT2D eigenvalue weighted by molar-refractivity contribution is -0.128. The van der Waals surface area contributed by atoms with Gasteiger partial charge in [0.1, 0.15) is 0 Å². The zero-order valence-corrected chi connectivity index (χ0v) is 17.1. The van der Waals surface area contributed by atoms with E-state index in [1.54, 1.807) is 0 Å². The lowest BCUT2D eigenvalue weighted by Gasteiger charge is -2.26. The normalized spacial score (nSPS) is 25.9. The molecule has 0 saturated carbocycles. The number of amides is 1. The Balaban J connectivity index is 2.01. The molecule has 1 aromatic rings. The van der Waals surface area contributed by atoms with Crippen LogP contribution in [0.1, 0.15) is 36.5 Å². The van der Waals surface area contributed by atoms with E-state index < -0.39 is 49.9 Å². The molecule has 1 aromatic carbocycles. The van der Waals surface area contributed by atoms with Crippen molar-refractivity contribution in [2.45, 2.75) is 43.2 Å². The smallest absolute Gasteiger partial charge is 0.335 e. The third kappa shape index (κ3) is 3.31. The number of benzene rings is 1. The van der Waals surface area contributed by atoms with Gasteiger partial charge in [0.2, 0.25) is 26.0 Å². The van der Waals surface area contributed by atoms with Crippen molar-refractivity contribution in [1.82, 2.24) is 8.61 Å². The van der Waals surface area contributed by atoms with Crippen molar-refractivity contribution >= 4 is 31.9 Å². The SMILES string of the molecule is CCC[C@H]1C(=O)N(S(C)(=O)=O)[C@H]2CCN(S(=O)(=O)c3ccc(C(=O)O)cc3)[C@H]12. The average Bonchev–Trinajstić information content (AvgIpc) is 3.13. The molecule has 2 heterocycles. The molecule has 2 aliphatic rings. The summed E-state index contributed by atoms with van der Waals surface area (Å²) in [4.78, 5) is 23.6. The van der Waals surface area contributed by atoms with Crippen molar-refractivity contribution in [3.63, 3.8) is 0 Å². The Hall–Kier alpha value is -1.98. The van der Waals surface area contributed by atoms with Gasteiger partial charge in [-0.2, -0.15) is 4.31 Å². The summed E-state index contributed by atoms with van der Waals surface area (Å²) in [6, 6.07) is 3.36. The molecule has 0 bridgehead atoms. The third-order valence-corrected chi connectivity index (χ3v) is 8.36. The molecule has 0 aromatic heterocycles. The van der Waals surface area contributed by atoms with Gasteiger partial charge in [-0.3, -0.25) is 4.79 Å². The van der Waals surface area contributed by atoms with Crippen molar-refractivity contribution in [3.8, 4) is 0 Å². The number of nitrogens with zero attached hydrogens (tertiary/aromatic N) is 2. The fraction of sp³-hybridized carbons (Fsp3) is 0.529. The van der Waals surface area contributed by atoms with E-state index in [1.165, 1.54) is 28.6 Å². The van der Waals surface area contributed by atoms with Gasteiger partial charge >= 0.3 is 5.97 Å². The largest absolute Gasteiger partial charge is 0.478 e. The second-order valence-electron chi connectivity index (χ2n) is 7.08. The fourth-order valence-electron chi connectivity index (χ4n) is 4.17. The molecule has 154 valence electrons. The fourth-order valence-corrected chi connectivity index (χ4v) is 7.06. The predicted octanol–water partition coefficient (Wildman–Crippen LogP) is 0.734. The van der Waals surface area contributed by atoms with E-state index in [1.807, 2.05) is 6.92 Å². The molecule has 2 fully saturated rings. The van der Waals surface area contributed by atoms with Gasteiger partial charge in [-0.15, -0.1) is 0 Å². The van der Waals surface area contributed by atoms with Crippen molar-refractivity contribution in [3.05, 3.63) is 29.8 Å². The summed E-state index contributed by atoms with van der Waals surface area (Å²) in [7, 11) is -7.82. The van der Waals surface area contributed by atoms with Crippen LogP contribution in [0.5, 0.6) is 0 Å². The van der Waals surface area contributed by atoms with Gasteiger partial charge in [0, 0.05) is 6.54 Å². The minimum Gasteiger partial charge on any atom is -0.478 e. The summed E-state index contributed by atoms with van der Waals surface area (Å²) in [6.07, 6.45) is 2.18. The maximum absolute atomic E-state index is 13.2. The first-order valence-electron chi connectivity index (χ1n) is 8.88. The number of hydrogen-bond acceptors (Lipinski definition) is 6. The highest BCUT2D eigenvalue weighted by molar-refractivity contribution is 7.89. The molecular formula is C17H22N2O7S2. The summed E-state index contributed by atoms with van der Waals surface area (Å²) >= 11 is 0. The number of rotatable bonds is 6. The van der Waals surface area contributed by atoms with Crippen LogP contribution < -0.4 is 0 Å². The molecule has 3 atom stereocenters. The highest BCUT2D eigenvalue weighted by Gasteiger charge is 2.58. The Morgan fingerprint density at radius 2 is 1.79 bits per heavy atom. The summed E-state index contributed by atoms with van der Waals surface area (Å²) < 4.78 is 52.7. The molecule has 1 amide bonds. The highest BCUT2D eigenvalue weighted by atomic mass is 32.2. The standard InChI is InChI=1S/C17H22N2O7S2/c1-3-4-13-15-14(19(16(13)20)27(2,23)24)9-10-18(15)28(25,26)12-7-5-11(6-8-12)17(21)22/h5-8,13-15H,3-4,9-10H2,1-2H3,(H,21,22)/t13-,14+,15-/m1/s1. The summed E-state index contributed by atoms with van der Waals surface area (Å²) in [5, 5.41) is 8.98. The number of carboxylic acids is 1. The van der Waals surface area contributed by atoms with Crippen LogP contribution >= 0.6 is 0 Å². The molecule has 28 heavy (non-hydrogen) atoms. The van der Waals surface area contributed by atoms with Crippen molar-refractivity contribution in [1.29, 1.82) is 0 Å². The predicted molar refractivity (Wildman–Crippen MR) is 99.6 cm³/mol. The van der Waals surface area contributed by atoms with Crippen LogP contribution in [-0.2, 0) is 24.8 Å². The van der Waals surface area contributed by atoms with Crippen LogP contribution in [0.25, 0.3) is 0 Å². The molecule has 0 aliphatic carbocycles. The topological polar surface area (TPSA) is 129 Å². The van der Waals surface area contributed by atoms with Gasteiger partial charge in [-0.05, 0) is 37.1 Å². The Kier molecular flexibility index (Phi) is 5.28. The van der Waals surface area contributed by atoms with E-state index in [0.717, 1.165) is 10.6 Å². The van der Waals surface area contributed by atoms with E-state index in [0.29, 0.717) is 12.8 Å². The first-order valence-corrected chi connectivity index (χ1v) is 12.2. The number of carboxylic acid groups (broad SMARTS) is 1. The van der Waals surface area contributed by atoms with E-state index >= 15 is 0 Å². The molecule has 11 heteroatoms. The molecule has 1 N–H and O–H groups in total. The number of aromatic carboxylic acids is 1. The lowest BCUT2D eigenvalue weighted by Crippen LogP contribution is -2.43. The van der Waals surface area contributed by atoms with Crippen LogP contribution in [0, 0.1) is 5.92 Å². The molecular weight excluding hydrogens is 408 g/mol. The second kappa shape index (κ2) is 7.12. The van der Waals surface area contributed by atoms with Gasteiger partial charge in [-0.25, -0.2) is 25.9 Å². The van der Waals surface area contributed by atoms with Crippen LogP contribution in [0.2, 0.25) is 0 Å². The second-order valence-corrected chi connectivity index (χ2v) is 10.8. The Labute approximate surface area is 164 Å². The molecule has 0 spiro atoms. The van der Waals surface area contributed by atoms with Gasteiger partial charge in [-0.1, -0.05) is 13.3 Å². The molecule has 0 radical (unpaired) electrons. The number of hydrogen-bond donors (Lipinski definition) is 1. The number of carbonyl (C=O) groups is 2. The summed E-state index contributed by atoms with van der Waals surface area (Å²) in [5.74, 6) is -2.45. The quantitative estimate of drug-likeness (QED) is 0.704. The first kappa shape index (κ1) is 20.7. The Morgan fingerprint density at radius 1 is 1.18 bits per heavy atom. The number of sulfonamides is 2. The Bertz CT molecular complexity index is 1000. The van der Waals surface area contributed by atoms with Crippen LogP contribution in [0.3, 0.4) is 0 Å². The maximum atomic E-state index is 13.2. The van der Waals surface area contributed by atoms with Crippen molar-refractivity contribution < 1.29 is 31.5 Å². The summed E-state index contributed by atoms with van der Waals surface area (Å²) in [6.45, 7) is 1.95. The van der Waals surface area contributed by atoms with Gasteiger partial charge in [0.15, 0.2) is 0 Å². The summed E-state index contributed by atoms with van der Waals surface area (Å²) in [5.41, 5.74) is -0.0404. The average molecular weight is 431 g/mol. The molecule has 0 unspecified atom stereocenters. The van der Waals surface area contributed by atoms with E-state index in [2.05, 4.69) is 0 Å². The highest BCUT2D eigenvalue weighted by Crippen LogP contribution is 2.42. The van der Waals surface area contributed by atoms with Crippen LogP contribution in [0.4, 0.5) is 0 Å². The minimum absolute atomic E-state index is 0.0404. The molecule has 2 aliphatic heterocycles. The lowest BCUT2D eigenvalue weighted by atomic mass is 9.95. The molecule has 2 saturated heterocycles. The van der Waals surface area contributed by atoms with E-state index in [9.17, 15) is 26.4 Å². The zero-order valence-electron chi connectivity index (χ0n) is 15.5. The molecule has 3 rings (SSSR count). The van der Waals surface area contributed by atoms with E-state index in [-0.39, 0.29) is 23.4 Å². The van der Waals surface area contributed by atoms with Gasteiger partial charge < -0.3 is 5.11 Å². The molecule has 9 nitrogen and oxygen atoms in total. The maximum Gasteiger partial charge on any atom is 0.335 e. The van der Waals surface area contributed by atoms with E-state index in [4.69, 9.17) is 5.11 Å². The number of carbonyl (C=O) groups excluding carboxylic acids is 1. The monoisotopic (exact) mass is 430 g/mol. The van der Waals surface area contributed by atoms with Gasteiger partial charge in [0.25, 0.3) is 0 Å². The first-order chi connectivity index (χ1) is 13.0. The van der Waals surface area contributed by atoms with Crippen LogP contribution in [0.15, 0.2) is 29.2 Å². The van der Waals surface area contributed by atoms with Crippen LogP contribution in [-0.4, -0.2) is 67.3 Å².